The zero-order valence-corrected chi connectivity index (χ0v) is 10.2. The molecule has 2 aromatic rings. The highest BCUT2D eigenvalue weighted by Gasteiger charge is 2.10. The predicted molar refractivity (Wildman–Crippen MR) is 61.0 cm³/mol. The summed E-state index contributed by atoms with van der Waals surface area (Å²) in [6.07, 6.45) is 3.40. The fourth-order valence-electron chi connectivity index (χ4n) is 1.24. The van der Waals surface area contributed by atoms with E-state index in [1.54, 1.807) is 10.7 Å². The molecule has 3 nitrogen and oxygen atoms in total. The number of fused-ring (bicyclic) bond motifs is 1. The fourth-order valence-corrected chi connectivity index (χ4v) is 1.88. The first kappa shape index (κ1) is 9.86. The molecule has 0 unspecified atom stereocenters. The van der Waals surface area contributed by atoms with E-state index in [0.29, 0.717) is 10.9 Å². The van der Waals surface area contributed by atoms with Crippen molar-refractivity contribution in [3.8, 4) is 0 Å². The lowest BCUT2D eigenvalue weighted by Gasteiger charge is -1.96. The molecule has 0 fully saturated rings. The van der Waals surface area contributed by atoms with Gasteiger partial charge >= 0.3 is 0 Å². The van der Waals surface area contributed by atoms with E-state index in [1.165, 1.54) is 0 Å². The lowest BCUT2D eigenvalue weighted by molar-refractivity contribution is 0.102. The molecule has 0 aromatic carbocycles. The van der Waals surface area contributed by atoms with E-state index in [0.717, 1.165) is 9.99 Å². The van der Waals surface area contributed by atoms with E-state index in [9.17, 15) is 4.79 Å². The molecule has 0 radical (unpaired) electrons. The molecule has 72 valence electrons. The van der Waals surface area contributed by atoms with Gasteiger partial charge in [0.25, 0.3) is 0 Å². The van der Waals surface area contributed by atoms with Crippen molar-refractivity contribution in [3.05, 3.63) is 34.6 Å². The summed E-state index contributed by atoms with van der Waals surface area (Å²) < 4.78 is 2.62. The molecule has 0 aliphatic heterocycles. The highest BCUT2D eigenvalue weighted by Crippen LogP contribution is 2.17. The highest BCUT2D eigenvalue weighted by atomic mass is 79.9. The SMILES string of the molecule is O=C(CBr)c1cnn2ccc(Br)cc12. The van der Waals surface area contributed by atoms with Crippen LogP contribution in [-0.2, 0) is 0 Å². The van der Waals surface area contributed by atoms with Gasteiger partial charge in [-0.15, -0.1) is 0 Å². The van der Waals surface area contributed by atoms with Crippen molar-refractivity contribution in [2.24, 2.45) is 0 Å². The second-order valence-electron chi connectivity index (χ2n) is 2.79. The number of Topliss-reactive ketones (excluding diaryl/α,β-unsaturated/α-hetero) is 1. The van der Waals surface area contributed by atoms with Gasteiger partial charge in [-0.1, -0.05) is 31.9 Å². The number of carbonyl (C=O) groups excluding carboxylic acids is 1. The molecule has 0 bridgehead atoms. The van der Waals surface area contributed by atoms with Crippen LogP contribution in [0.3, 0.4) is 0 Å². The van der Waals surface area contributed by atoms with Crippen molar-refractivity contribution < 1.29 is 4.79 Å². The summed E-state index contributed by atoms with van der Waals surface area (Å²) in [5, 5.41) is 4.40. The number of halogens is 2. The number of nitrogens with zero attached hydrogens (tertiary/aromatic N) is 2. The van der Waals surface area contributed by atoms with Gasteiger partial charge in [0.05, 0.1) is 22.6 Å². The molecular weight excluding hydrogens is 312 g/mol. The molecule has 0 N–H and O–H groups in total. The maximum atomic E-state index is 11.5. The average molecular weight is 318 g/mol. The Bertz CT molecular complexity index is 493. The van der Waals surface area contributed by atoms with E-state index in [2.05, 4.69) is 37.0 Å². The molecule has 0 aliphatic carbocycles. The zero-order chi connectivity index (χ0) is 10.1. The first-order valence-electron chi connectivity index (χ1n) is 3.94. The Morgan fingerprint density at radius 3 is 3.07 bits per heavy atom. The quantitative estimate of drug-likeness (QED) is 0.630. The summed E-state index contributed by atoms with van der Waals surface area (Å²) >= 11 is 6.50. The number of carbonyl (C=O) groups is 1. The third kappa shape index (κ3) is 1.62. The molecule has 2 heterocycles. The standard InChI is InChI=1S/C9H6Br2N2O/c10-4-9(14)7-5-12-13-2-1-6(11)3-8(7)13/h1-3,5H,4H2. The van der Waals surface area contributed by atoms with Crippen LogP contribution >= 0.6 is 31.9 Å². The number of ketones is 1. The minimum atomic E-state index is 0.0399. The number of hydrogen-bond acceptors (Lipinski definition) is 2. The van der Waals surface area contributed by atoms with Gasteiger partial charge in [-0.25, -0.2) is 4.52 Å². The van der Waals surface area contributed by atoms with Gasteiger partial charge in [-0.2, -0.15) is 5.10 Å². The van der Waals surface area contributed by atoms with Gasteiger partial charge in [0.15, 0.2) is 5.78 Å². The summed E-state index contributed by atoms with van der Waals surface area (Å²) in [5.41, 5.74) is 1.46. The lowest BCUT2D eigenvalue weighted by Crippen LogP contribution is -1.98. The van der Waals surface area contributed by atoms with E-state index in [1.807, 2.05) is 18.3 Å². The number of rotatable bonds is 2. The smallest absolute Gasteiger partial charge is 0.177 e. The van der Waals surface area contributed by atoms with Crippen molar-refractivity contribution in [2.75, 3.05) is 5.33 Å². The van der Waals surface area contributed by atoms with Crippen LogP contribution in [-0.4, -0.2) is 20.7 Å². The van der Waals surface area contributed by atoms with Crippen molar-refractivity contribution in [1.82, 2.24) is 9.61 Å². The first-order valence-corrected chi connectivity index (χ1v) is 5.86. The summed E-state index contributed by atoms with van der Waals surface area (Å²) in [5.74, 6) is 0.0399. The lowest BCUT2D eigenvalue weighted by atomic mass is 10.2. The van der Waals surface area contributed by atoms with Gasteiger partial charge in [-0.3, -0.25) is 4.79 Å². The molecule has 2 aromatic heterocycles. The molecule has 0 saturated carbocycles. The van der Waals surface area contributed by atoms with Crippen LogP contribution in [0.2, 0.25) is 0 Å². The predicted octanol–water partition coefficient (Wildman–Crippen LogP) is 2.67. The molecular formula is C9H6Br2N2O. The van der Waals surface area contributed by atoms with Gasteiger partial charge in [0, 0.05) is 10.7 Å². The van der Waals surface area contributed by atoms with Crippen LogP contribution in [0.4, 0.5) is 0 Å². The first-order chi connectivity index (χ1) is 6.72. The van der Waals surface area contributed by atoms with E-state index in [-0.39, 0.29) is 5.78 Å². The van der Waals surface area contributed by atoms with Crippen LogP contribution in [0.5, 0.6) is 0 Å². The van der Waals surface area contributed by atoms with Crippen LogP contribution in [0, 0.1) is 0 Å². The van der Waals surface area contributed by atoms with Crippen LogP contribution in [0.25, 0.3) is 5.52 Å². The Balaban J connectivity index is 2.67. The Kier molecular flexibility index (Phi) is 2.69. The van der Waals surface area contributed by atoms with Gasteiger partial charge in [0.1, 0.15) is 0 Å². The third-order valence-electron chi connectivity index (χ3n) is 1.91. The minimum absolute atomic E-state index is 0.0399. The highest BCUT2D eigenvalue weighted by molar-refractivity contribution is 9.10. The normalized spacial score (nSPS) is 10.7. The van der Waals surface area contributed by atoms with Gasteiger partial charge in [-0.05, 0) is 12.1 Å². The van der Waals surface area contributed by atoms with Crippen LogP contribution in [0.1, 0.15) is 10.4 Å². The van der Waals surface area contributed by atoms with Crippen molar-refractivity contribution >= 4 is 43.2 Å². The summed E-state index contributed by atoms with van der Waals surface area (Å²) in [7, 11) is 0. The number of alkyl halides is 1. The molecule has 0 amide bonds. The van der Waals surface area contributed by atoms with E-state index < -0.39 is 0 Å². The number of pyridine rings is 1. The van der Waals surface area contributed by atoms with Crippen molar-refractivity contribution in [3.63, 3.8) is 0 Å². The molecule has 14 heavy (non-hydrogen) atoms. The monoisotopic (exact) mass is 316 g/mol. The molecule has 0 saturated heterocycles. The zero-order valence-electron chi connectivity index (χ0n) is 7.08. The van der Waals surface area contributed by atoms with Crippen LogP contribution in [0.15, 0.2) is 29.0 Å². The third-order valence-corrected chi connectivity index (χ3v) is 2.91. The molecule has 0 aliphatic rings. The Labute approximate surface area is 97.4 Å². The second kappa shape index (κ2) is 3.82. The largest absolute Gasteiger partial charge is 0.293 e. The summed E-state index contributed by atoms with van der Waals surface area (Å²) in [6, 6.07) is 3.76. The van der Waals surface area contributed by atoms with E-state index >= 15 is 0 Å². The maximum absolute atomic E-state index is 11.5. The maximum Gasteiger partial charge on any atom is 0.177 e. The molecule has 5 heteroatoms. The van der Waals surface area contributed by atoms with Crippen molar-refractivity contribution in [2.45, 2.75) is 0 Å². The Morgan fingerprint density at radius 1 is 1.57 bits per heavy atom. The summed E-state index contributed by atoms with van der Waals surface area (Å²) in [4.78, 5) is 11.5. The van der Waals surface area contributed by atoms with Gasteiger partial charge < -0.3 is 0 Å². The van der Waals surface area contributed by atoms with Crippen molar-refractivity contribution in [1.29, 1.82) is 0 Å². The second-order valence-corrected chi connectivity index (χ2v) is 4.27. The average Bonchev–Trinajstić information content (AvgIpc) is 2.59. The minimum Gasteiger partial charge on any atom is -0.293 e. The fraction of sp³-hybridized carbons (Fsp3) is 0.111. The Morgan fingerprint density at radius 2 is 2.36 bits per heavy atom. The van der Waals surface area contributed by atoms with Crippen LogP contribution < -0.4 is 0 Å². The van der Waals surface area contributed by atoms with E-state index in [4.69, 9.17) is 0 Å². The van der Waals surface area contributed by atoms with Gasteiger partial charge in [0.2, 0.25) is 0 Å². The molecule has 0 atom stereocenters. The molecule has 0 spiro atoms. The number of hydrogen-bond donors (Lipinski definition) is 0. The topological polar surface area (TPSA) is 34.4 Å². The number of aromatic nitrogens is 2. The molecule has 2 rings (SSSR count). The Hall–Kier alpha value is -0.680. The summed E-state index contributed by atoms with van der Waals surface area (Å²) in [6.45, 7) is 0.